The van der Waals surface area contributed by atoms with Crippen molar-refractivity contribution in [3.05, 3.63) is 58.9 Å². The standard InChI is InChI=1S/C13H8ClFO2/c14-9-6-4-8(5-7-9)10-2-1-3-11(12(10)15)13(16)17/h1-7H,(H,16,17). The SMILES string of the molecule is O=C(O)c1cccc(-c2ccc(Cl)cc2)c1F. The second-order valence-electron chi connectivity index (χ2n) is 3.48. The lowest BCUT2D eigenvalue weighted by molar-refractivity contribution is 0.0692. The summed E-state index contributed by atoms with van der Waals surface area (Å²) in [6, 6.07) is 10.8. The normalized spacial score (nSPS) is 10.2. The van der Waals surface area contributed by atoms with Gasteiger partial charge in [-0.05, 0) is 23.8 Å². The zero-order chi connectivity index (χ0) is 12.4. The Morgan fingerprint density at radius 2 is 1.76 bits per heavy atom. The Morgan fingerprint density at radius 3 is 2.35 bits per heavy atom. The van der Waals surface area contributed by atoms with Crippen molar-refractivity contribution in [2.24, 2.45) is 0 Å². The van der Waals surface area contributed by atoms with Crippen LogP contribution in [-0.4, -0.2) is 11.1 Å². The molecule has 0 fully saturated rings. The largest absolute Gasteiger partial charge is 0.478 e. The molecule has 0 aliphatic rings. The van der Waals surface area contributed by atoms with Gasteiger partial charge in [-0.15, -0.1) is 0 Å². The van der Waals surface area contributed by atoms with Crippen molar-refractivity contribution in [2.75, 3.05) is 0 Å². The van der Waals surface area contributed by atoms with Crippen LogP contribution in [0.25, 0.3) is 11.1 Å². The van der Waals surface area contributed by atoms with Gasteiger partial charge in [0.15, 0.2) is 0 Å². The number of carboxylic acids is 1. The third-order valence-corrected chi connectivity index (χ3v) is 2.64. The monoisotopic (exact) mass is 250 g/mol. The molecule has 2 aromatic carbocycles. The summed E-state index contributed by atoms with van der Waals surface area (Å²) in [5.74, 6) is -2.01. The predicted octanol–water partition coefficient (Wildman–Crippen LogP) is 3.84. The molecule has 0 atom stereocenters. The fraction of sp³-hybridized carbons (Fsp3) is 0. The molecule has 0 heterocycles. The van der Waals surface area contributed by atoms with E-state index in [9.17, 15) is 9.18 Å². The zero-order valence-electron chi connectivity index (χ0n) is 8.65. The van der Waals surface area contributed by atoms with Gasteiger partial charge < -0.3 is 5.11 Å². The number of aromatic carboxylic acids is 1. The lowest BCUT2D eigenvalue weighted by atomic mass is 10.0. The number of halogens is 2. The van der Waals surface area contributed by atoms with Crippen LogP contribution in [0.1, 0.15) is 10.4 Å². The first-order valence-electron chi connectivity index (χ1n) is 4.87. The van der Waals surface area contributed by atoms with Gasteiger partial charge in [0.25, 0.3) is 0 Å². The molecule has 4 heteroatoms. The maximum absolute atomic E-state index is 13.9. The molecule has 0 spiro atoms. The first-order valence-corrected chi connectivity index (χ1v) is 5.25. The van der Waals surface area contributed by atoms with Crippen LogP contribution in [0.2, 0.25) is 5.02 Å². The first-order chi connectivity index (χ1) is 8.09. The molecule has 17 heavy (non-hydrogen) atoms. The van der Waals surface area contributed by atoms with Gasteiger partial charge in [0.05, 0.1) is 5.56 Å². The number of benzene rings is 2. The minimum Gasteiger partial charge on any atom is -0.478 e. The molecule has 0 aromatic heterocycles. The summed E-state index contributed by atoms with van der Waals surface area (Å²) in [6.07, 6.45) is 0. The summed E-state index contributed by atoms with van der Waals surface area (Å²) in [7, 11) is 0. The Kier molecular flexibility index (Phi) is 3.11. The third kappa shape index (κ3) is 2.29. The van der Waals surface area contributed by atoms with E-state index >= 15 is 0 Å². The van der Waals surface area contributed by atoms with E-state index in [2.05, 4.69) is 0 Å². The second kappa shape index (κ2) is 4.55. The Balaban J connectivity index is 2.56. The highest BCUT2D eigenvalue weighted by Gasteiger charge is 2.14. The fourth-order valence-corrected chi connectivity index (χ4v) is 1.68. The molecule has 2 rings (SSSR count). The number of hydrogen-bond donors (Lipinski definition) is 1. The van der Waals surface area contributed by atoms with Crippen LogP contribution in [0.5, 0.6) is 0 Å². The van der Waals surface area contributed by atoms with Crippen molar-refractivity contribution in [2.45, 2.75) is 0 Å². The van der Waals surface area contributed by atoms with Crippen LogP contribution >= 0.6 is 11.6 Å². The lowest BCUT2D eigenvalue weighted by Gasteiger charge is -2.05. The highest BCUT2D eigenvalue weighted by atomic mass is 35.5. The number of rotatable bonds is 2. The smallest absolute Gasteiger partial charge is 0.338 e. The molecule has 0 aliphatic heterocycles. The molecule has 0 unspecified atom stereocenters. The van der Waals surface area contributed by atoms with Gasteiger partial charge >= 0.3 is 5.97 Å². The van der Waals surface area contributed by atoms with Crippen LogP contribution in [0.3, 0.4) is 0 Å². The summed E-state index contributed by atoms with van der Waals surface area (Å²) >= 11 is 5.73. The lowest BCUT2D eigenvalue weighted by Crippen LogP contribution is -2.01. The molecule has 2 aromatic rings. The van der Waals surface area contributed by atoms with Crippen molar-refractivity contribution in [1.29, 1.82) is 0 Å². The van der Waals surface area contributed by atoms with Gasteiger partial charge in [0, 0.05) is 10.6 Å². The fourth-order valence-electron chi connectivity index (χ4n) is 1.55. The van der Waals surface area contributed by atoms with Gasteiger partial charge in [0.2, 0.25) is 0 Å². The Bertz CT molecular complexity index is 564. The topological polar surface area (TPSA) is 37.3 Å². The van der Waals surface area contributed by atoms with E-state index in [-0.39, 0.29) is 11.1 Å². The average molecular weight is 251 g/mol. The van der Waals surface area contributed by atoms with E-state index in [1.807, 2.05) is 0 Å². The summed E-state index contributed by atoms with van der Waals surface area (Å²) in [5.41, 5.74) is 0.508. The molecule has 0 aliphatic carbocycles. The number of hydrogen-bond acceptors (Lipinski definition) is 1. The van der Waals surface area contributed by atoms with Crippen molar-refractivity contribution < 1.29 is 14.3 Å². The molecule has 2 nitrogen and oxygen atoms in total. The Morgan fingerprint density at radius 1 is 1.12 bits per heavy atom. The Labute approximate surface area is 102 Å². The van der Waals surface area contributed by atoms with Gasteiger partial charge in [-0.3, -0.25) is 0 Å². The summed E-state index contributed by atoms with van der Waals surface area (Å²) in [4.78, 5) is 10.8. The molecule has 1 N–H and O–H groups in total. The van der Waals surface area contributed by atoms with Crippen molar-refractivity contribution in [1.82, 2.24) is 0 Å². The van der Waals surface area contributed by atoms with Gasteiger partial charge in [-0.1, -0.05) is 35.9 Å². The van der Waals surface area contributed by atoms with E-state index < -0.39 is 11.8 Å². The van der Waals surface area contributed by atoms with Crippen LogP contribution in [0.15, 0.2) is 42.5 Å². The first kappa shape index (κ1) is 11.6. The minimum atomic E-state index is -1.28. The van der Waals surface area contributed by atoms with E-state index in [1.54, 1.807) is 24.3 Å². The maximum Gasteiger partial charge on any atom is 0.338 e. The van der Waals surface area contributed by atoms with Crippen molar-refractivity contribution in [3.8, 4) is 11.1 Å². The molecule has 0 radical (unpaired) electrons. The molecule has 0 saturated heterocycles. The van der Waals surface area contributed by atoms with E-state index in [1.165, 1.54) is 18.2 Å². The van der Waals surface area contributed by atoms with Gasteiger partial charge in [-0.2, -0.15) is 0 Å². The van der Waals surface area contributed by atoms with Gasteiger partial charge in [0.1, 0.15) is 5.82 Å². The maximum atomic E-state index is 13.9. The molecule has 86 valence electrons. The zero-order valence-corrected chi connectivity index (χ0v) is 9.41. The predicted molar refractivity (Wildman–Crippen MR) is 63.8 cm³/mol. The summed E-state index contributed by atoms with van der Waals surface area (Å²) in [5, 5.41) is 9.36. The van der Waals surface area contributed by atoms with Crippen molar-refractivity contribution >= 4 is 17.6 Å². The average Bonchev–Trinajstić information content (AvgIpc) is 2.30. The van der Waals surface area contributed by atoms with Crippen LogP contribution in [0.4, 0.5) is 4.39 Å². The van der Waals surface area contributed by atoms with Crippen LogP contribution < -0.4 is 0 Å². The summed E-state index contributed by atoms with van der Waals surface area (Å²) < 4.78 is 13.9. The van der Waals surface area contributed by atoms with Crippen molar-refractivity contribution in [3.63, 3.8) is 0 Å². The van der Waals surface area contributed by atoms with E-state index in [0.717, 1.165) is 0 Å². The second-order valence-corrected chi connectivity index (χ2v) is 3.92. The van der Waals surface area contributed by atoms with Crippen LogP contribution in [0, 0.1) is 5.82 Å². The molecule has 0 amide bonds. The molecule has 0 bridgehead atoms. The third-order valence-electron chi connectivity index (χ3n) is 2.38. The van der Waals surface area contributed by atoms with Crippen LogP contribution in [-0.2, 0) is 0 Å². The minimum absolute atomic E-state index is 0.251. The summed E-state index contributed by atoms with van der Waals surface area (Å²) in [6.45, 7) is 0. The Hall–Kier alpha value is -1.87. The number of carbonyl (C=O) groups is 1. The quantitative estimate of drug-likeness (QED) is 0.879. The highest BCUT2D eigenvalue weighted by molar-refractivity contribution is 6.30. The molecule has 0 saturated carbocycles. The van der Waals surface area contributed by atoms with Gasteiger partial charge in [-0.25, -0.2) is 9.18 Å². The number of carboxylic acid groups (broad SMARTS) is 1. The molecular formula is C13H8ClFO2. The highest BCUT2D eigenvalue weighted by Crippen LogP contribution is 2.26. The van der Waals surface area contributed by atoms with E-state index in [4.69, 9.17) is 16.7 Å². The van der Waals surface area contributed by atoms with E-state index in [0.29, 0.717) is 10.6 Å². The molecular weight excluding hydrogens is 243 g/mol.